The summed E-state index contributed by atoms with van der Waals surface area (Å²) in [6.07, 6.45) is 3.22. The van der Waals surface area contributed by atoms with Gasteiger partial charge in [0.2, 0.25) is 0 Å². The minimum atomic E-state index is -0.282. The van der Waals surface area contributed by atoms with Gasteiger partial charge >= 0.3 is 0 Å². The molecule has 3 rings (SSSR count). The lowest BCUT2D eigenvalue weighted by Gasteiger charge is -2.05. The summed E-state index contributed by atoms with van der Waals surface area (Å²) in [5.74, 6) is 0.506. The standard InChI is InChI=1S/C17H15FN2O/c1-12(2)11-21-15-6-3-13(4-7-15)16-10-20-9-14(18)5-8-17(20)19-16/h3-10H,1,11H2,2H3. The molecule has 0 fully saturated rings. The van der Waals surface area contributed by atoms with E-state index >= 15 is 0 Å². The van der Waals surface area contributed by atoms with Crippen molar-refractivity contribution in [2.75, 3.05) is 6.61 Å². The molecular formula is C17H15FN2O. The number of halogens is 1. The highest BCUT2D eigenvalue weighted by Gasteiger charge is 2.05. The summed E-state index contributed by atoms with van der Waals surface area (Å²) in [7, 11) is 0. The second kappa shape index (κ2) is 5.40. The Morgan fingerprint density at radius 1 is 1.19 bits per heavy atom. The van der Waals surface area contributed by atoms with E-state index < -0.39 is 0 Å². The molecule has 0 aliphatic heterocycles. The van der Waals surface area contributed by atoms with E-state index in [1.165, 1.54) is 12.3 Å². The van der Waals surface area contributed by atoms with E-state index in [1.807, 2.05) is 37.4 Å². The number of imidazole rings is 1. The van der Waals surface area contributed by atoms with Crippen molar-refractivity contribution in [2.24, 2.45) is 0 Å². The summed E-state index contributed by atoms with van der Waals surface area (Å²) < 4.78 is 20.4. The van der Waals surface area contributed by atoms with Crippen LogP contribution in [0.4, 0.5) is 4.39 Å². The van der Waals surface area contributed by atoms with Crippen LogP contribution in [0.1, 0.15) is 6.92 Å². The van der Waals surface area contributed by atoms with Crippen LogP contribution in [0.25, 0.3) is 16.9 Å². The quantitative estimate of drug-likeness (QED) is 0.674. The minimum Gasteiger partial charge on any atom is -0.489 e. The largest absolute Gasteiger partial charge is 0.489 e. The lowest BCUT2D eigenvalue weighted by Crippen LogP contribution is -1.97. The molecule has 0 bridgehead atoms. The molecule has 0 atom stereocenters. The predicted octanol–water partition coefficient (Wildman–Crippen LogP) is 4.10. The maximum Gasteiger partial charge on any atom is 0.139 e. The summed E-state index contributed by atoms with van der Waals surface area (Å²) in [6, 6.07) is 10.7. The molecule has 0 aliphatic carbocycles. The topological polar surface area (TPSA) is 26.5 Å². The van der Waals surface area contributed by atoms with Crippen LogP contribution in [0.5, 0.6) is 5.75 Å². The van der Waals surface area contributed by atoms with Crippen molar-refractivity contribution in [3.63, 3.8) is 0 Å². The SMILES string of the molecule is C=C(C)COc1ccc(-c2cn3cc(F)ccc3n2)cc1. The normalized spacial score (nSPS) is 10.8. The summed E-state index contributed by atoms with van der Waals surface area (Å²) in [5, 5.41) is 0. The van der Waals surface area contributed by atoms with Crippen molar-refractivity contribution in [2.45, 2.75) is 6.92 Å². The molecular weight excluding hydrogens is 267 g/mol. The van der Waals surface area contributed by atoms with Crippen LogP contribution in [-0.4, -0.2) is 16.0 Å². The molecule has 0 saturated heterocycles. The zero-order valence-corrected chi connectivity index (χ0v) is 11.7. The number of aromatic nitrogens is 2. The Labute approximate surface area is 122 Å². The molecule has 0 unspecified atom stereocenters. The fourth-order valence-corrected chi connectivity index (χ4v) is 2.03. The molecule has 3 nitrogen and oxygen atoms in total. The average molecular weight is 282 g/mol. The monoisotopic (exact) mass is 282 g/mol. The van der Waals surface area contributed by atoms with Gasteiger partial charge in [-0.2, -0.15) is 0 Å². The number of fused-ring (bicyclic) bond motifs is 1. The Bertz CT molecular complexity index is 790. The average Bonchev–Trinajstić information content (AvgIpc) is 2.88. The molecule has 3 aromatic rings. The second-order valence-corrected chi connectivity index (χ2v) is 5.01. The van der Waals surface area contributed by atoms with Crippen LogP contribution in [0.15, 0.2) is 60.9 Å². The first-order valence-electron chi connectivity index (χ1n) is 6.64. The van der Waals surface area contributed by atoms with E-state index in [0.29, 0.717) is 12.3 Å². The third-order valence-corrected chi connectivity index (χ3v) is 3.05. The summed E-state index contributed by atoms with van der Waals surface area (Å²) >= 11 is 0. The number of hydrogen-bond acceptors (Lipinski definition) is 2. The van der Waals surface area contributed by atoms with Crippen LogP contribution in [0.3, 0.4) is 0 Å². The van der Waals surface area contributed by atoms with Crippen molar-refractivity contribution < 1.29 is 9.13 Å². The van der Waals surface area contributed by atoms with Crippen molar-refractivity contribution in [3.05, 3.63) is 66.8 Å². The highest BCUT2D eigenvalue weighted by atomic mass is 19.1. The lowest BCUT2D eigenvalue weighted by molar-refractivity contribution is 0.353. The van der Waals surface area contributed by atoms with Crippen LogP contribution in [-0.2, 0) is 0 Å². The fourth-order valence-electron chi connectivity index (χ4n) is 2.03. The van der Waals surface area contributed by atoms with Gasteiger partial charge in [-0.25, -0.2) is 9.37 Å². The van der Waals surface area contributed by atoms with Crippen molar-refractivity contribution in [1.82, 2.24) is 9.38 Å². The van der Waals surface area contributed by atoms with Gasteiger partial charge in [0.25, 0.3) is 0 Å². The first-order valence-corrected chi connectivity index (χ1v) is 6.64. The van der Waals surface area contributed by atoms with Crippen molar-refractivity contribution in [1.29, 1.82) is 0 Å². The van der Waals surface area contributed by atoms with Crippen LogP contribution in [0, 0.1) is 5.82 Å². The second-order valence-electron chi connectivity index (χ2n) is 5.01. The Morgan fingerprint density at radius 2 is 1.95 bits per heavy atom. The highest BCUT2D eigenvalue weighted by molar-refractivity contribution is 5.63. The van der Waals surface area contributed by atoms with Gasteiger partial charge in [0.05, 0.1) is 5.69 Å². The van der Waals surface area contributed by atoms with E-state index in [0.717, 1.165) is 22.6 Å². The fraction of sp³-hybridized carbons (Fsp3) is 0.118. The smallest absolute Gasteiger partial charge is 0.139 e. The van der Waals surface area contributed by atoms with Gasteiger partial charge in [-0.3, -0.25) is 0 Å². The molecule has 0 amide bonds. The molecule has 0 spiro atoms. The molecule has 1 aromatic carbocycles. The van der Waals surface area contributed by atoms with Gasteiger partial charge in [0.1, 0.15) is 23.8 Å². The summed E-state index contributed by atoms with van der Waals surface area (Å²) in [6.45, 7) is 6.23. The maximum absolute atomic E-state index is 13.2. The molecule has 2 aromatic heterocycles. The molecule has 2 heterocycles. The summed E-state index contributed by atoms with van der Waals surface area (Å²) in [5.41, 5.74) is 3.45. The van der Waals surface area contributed by atoms with Gasteiger partial charge in [-0.15, -0.1) is 0 Å². The lowest BCUT2D eigenvalue weighted by atomic mass is 10.1. The van der Waals surface area contributed by atoms with Gasteiger partial charge in [-0.05, 0) is 48.9 Å². The highest BCUT2D eigenvalue weighted by Crippen LogP contribution is 2.22. The van der Waals surface area contributed by atoms with E-state index in [4.69, 9.17) is 4.74 Å². The van der Waals surface area contributed by atoms with Crippen molar-refractivity contribution >= 4 is 5.65 Å². The number of rotatable bonds is 4. The predicted molar refractivity (Wildman–Crippen MR) is 80.9 cm³/mol. The number of pyridine rings is 1. The molecule has 4 heteroatoms. The van der Waals surface area contributed by atoms with Gasteiger partial charge in [0.15, 0.2) is 0 Å². The van der Waals surface area contributed by atoms with Crippen LogP contribution in [0.2, 0.25) is 0 Å². The number of benzene rings is 1. The van der Waals surface area contributed by atoms with E-state index in [1.54, 1.807) is 10.5 Å². The molecule has 21 heavy (non-hydrogen) atoms. The van der Waals surface area contributed by atoms with Crippen molar-refractivity contribution in [3.8, 4) is 17.0 Å². The van der Waals surface area contributed by atoms with Crippen LogP contribution < -0.4 is 4.74 Å². The zero-order valence-electron chi connectivity index (χ0n) is 11.7. The first kappa shape index (κ1) is 13.4. The third-order valence-electron chi connectivity index (χ3n) is 3.05. The third kappa shape index (κ3) is 2.94. The summed E-state index contributed by atoms with van der Waals surface area (Å²) in [4.78, 5) is 4.47. The van der Waals surface area contributed by atoms with E-state index in [2.05, 4.69) is 11.6 Å². The molecule has 0 saturated carbocycles. The van der Waals surface area contributed by atoms with Gasteiger partial charge < -0.3 is 9.14 Å². The Hall–Kier alpha value is -2.62. The maximum atomic E-state index is 13.2. The number of hydrogen-bond donors (Lipinski definition) is 0. The zero-order chi connectivity index (χ0) is 14.8. The number of nitrogens with zero attached hydrogens (tertiary/aromatic N) is 2. The van der Waals surface area contributed by atoms with Gasteiger partial charge in [0, 0.05) is 18.0 Å². The molecule has 0 radical (unpaired) electrons. The number of ether oxygens (including phenoxy) is 1. The molecule has 0 aliphatic rings. The Balaban J connectivity index is 1.86. The molecule has 0 N–H and O–H groups in total. The Kier molecular flexibility index (Phi) is 3.44. The van der Waals surface area contributed by atoms with Crippen LogP contribution >= 0.6 is 0 Å². The first-order chi connectivity index (χ1) is 10.1. The van der Waals surface area contributed by atoms with E-state index in [-0.39, 0.29) is 5.82 Å². The van der Waals surface area contributed by atoms with Gasteiger partial charge in [-0.1, -0.05) is 6.58 Å². The minimum absolute atomic E-state index is 0.282. The Morgan fingerprint density at radius 3 is 2.67 bits per heavy atom. The molecule has 106 valence electrons. The van der Waals surface area contributed by atoms with E-state index in [9.17, 15) is 4.39 Å².